The van der Waals surface area contributed by atoms with Crippen LogP contribution >= 0.6 is 11.8 Å². The summed E-state index contributed by atoms with van der Waals surface area (Å²) in [6.45, 7) is 1.43. The van der Waals surface area contributed by atoms with Gasteiger partial charge in [-0.3, -0.25) is 4.90 Å². The van der Waals surface area contributed by atoms with Gasteiger partial charge < -0.3 is 9.84 Å². The molecule has 2 aliphatic heterocycles. The minimum Gasteiger partial charge on any atom is -0.508 e. The highest BCUT2D eigenvalue weighted by atomic mass is 32.2. The normalized spacial score (nSPS) is 22.9. The van der Waals surface area contributed by atoms with E-state index in [-0.39, 0.29) is 17.9 Å². The first-order valence-corrected chi connectivity index (χ1v) is 13.4. The Bertz CT molecular complexity index is 1400. The Morgan fingerprint density at radius 3 is 2.83 bits per heavy atom. The maximum absolute atomic E-state index is 14.2. The van der Waals surface area contributed by atoms with Crippen molar-refractivity contribution in [1.29, 1.82) is 0 Å². The van der Waals surface area contributed by atoms with Crippen LogP contribution in [0.3, 0.4) is 0 Å². The number of rotatable bonds is 4. The molecule has 7 heteroatoms. The van der Waals surface area contributed by atoms with Crippen LogP contribution in [0.4, 0.5) is 4.39 Å². The van der Waals surface area contributed by atoms with Gasteiger partial charge in [0.05, 0.1) is 5.52 Å². The molecule has 4 aromatic rings. The molecule has 35 heavy (non-hydrogen) atoms. The monoisotopic (exact) mass is 489 g/mol. The Kier molecular flexibility index (Phi) is 5.98. The zero-order valence-corrected chi connectivity index (χ0v) is 20.5. The van der Waals surface area contributed by atoms with E-state index in [4.69, 9.17) is 14.7 Å². The van der Waals surface area contributed by atoms with E-state index >= 15 is 0 Å². The Morgan fingerprint density at radius 1 is 1.06 bits per heavy atom. The van der Waals surface area contributed by atoms with Crippen molar-refractivity contribution in [3.63, 3.8) is 0 Å². The van der Waals surface area contributed by atoms with Gasteiger partial charge in [-0.05, 0) is 84.6 Å². The van der Waals surface area contributed by atoms with Gasteiger partial charge in [-0.15, -0.1) is 11.8 Å². The predicted molar refractivity (Wildman–Crippen MR) is 139 cm³/mol. The second-order valence-corrected chi connectivity index (χ2v) is 10.3. The first-order valence-electron chi connectivity index (χ1n) is 12.2. The number of nitrogens with zero attached hydrogens (tertiary/aromatic N) is 3. The molecule has 3 heterocycles. The zero-order valence-electron chi connectivity index (χ0n) is 19.7. The number of aromatic nitrogens is 2. The first kappa shape index (κ1) is 22.6. The Balaban J connectivity index is 1.40. The molecule has 0 spiro atoms. The second kappa shape index (κ2) is 9.28. The topological polar surface area (TPSA) is 58.5 Å². The first-order chi connectivity index (χ1) is 17.1. The summed E-state index contributed by atoms with van der Waals surface area (Å²) in [6.07, 6.45) is 4.64. The smallest absolute Gasteiger partial charge is 0.318 e. The number of aromatic hydroxyl groups is 1. The van der Waals surface area contributed by atoms with E-state index in [1.54, 1.807) is 23.9 Å². The Labute approximate surface area is 208 Å². The minimum absolute atomic E-state index is 0.0783. The van der Waals surface area contributed by atoms with Crippen LogP contribution in [0, 0.1) is 0 Å². The van der Waals surface area contributed by atoms with Gasteiger partial charge >= 0.3 is 6.01 Å². The van der Waals surface area contributed by atoms with E-state index in [1.165, 1.54) is 0 Å². The van der Waals surface area contributed by atoms with Crippen molar-refractivity contribution in [2.24, 2.45) is 0 Å². The van der Waals surface area contributed by atoms with Gasteiger partial charge in [-0.1, -0.05) is 30.3 Å². The molecule has 180 valence electrons. The maximum atomic E-state index is 14.2. The van der Waals surface area contributed by atoms with Crippen LogP contribution in [-0.4, -0.2) is 57.6 Å². The standard InChI is InChI=1S/C28H28FN3O2S/c1-35-27-22-10-9-18(23-15-20(33)12-17-6-2-3-7-21(17)23)13-24(22)30-28(31-27)34-26-8-4-5-11-32-16-19(29)14-25(26)32/h2-3,6-7,9-10,12-13,15,19,25-26,33H,4-5,8,11,14,16H2,1H3/t19-,25+,26?/m1/s1. The molecule has 3 atom stereocenters. The summed E-state index contributed by atoms with van der Waals surface area (Å²) < 4.78 is 20.6. The fourth-order valence-electron chi connectivity index (χ4n) is 5.63. The van der Waals surface area contributed by atoms with Gasteiger partial charge in [-0.25, -0.2) is 4.39 Å². The molecule has 1 N–H and O–H groups in total. The molecule has 2 fully saturated rings. The number of halogens is 1. The van der Waals surface area contributed by atoms with Crippen LogP contribution in [0.25, 0.3) is 32.8 Å². The number of phenolic OH excluding ortho intramolecular Hbond substituents is 1. The largest absolute Gasteiger partial charge is 0.508 e. The van der Waals surface area contributed by atoms with E-state index in [0.717, 1.165) is 63.6 Å². The third-order valence-corrected chi connectivity index (χ3v) is 7.96. The van der Waals surface area contributed by atoms with Crippen molar-refractivity contribution in [3.8, 4) is 22.9 Å². The number of phenols is 1. The summed E-state index contributed by atoms with van der Waals surface area (Å²) >= 11 is 1.56. The third-order valence-electron chi connectivity index (χ3n) is 7.26. The van der Waals surface area contributed by atoms with Crippen LogP contribution in [0.1, 0.15) is 25.7 Å². The number of fused-ring (bicyclic) bond motifs is 3. The van der Waals surface area contributed by atoms with Crippen molar-refractivity contribution >= 4 is 33.4 Å². The van der Waals surface area contributed by atoms with E-state index in [1.807, 2.05) is 36.6 Å². The van der Waals surface area contributed by atoms with Crippen molar-refractivity contribution in [3.05, 3.63) is 54.6 Å². The Morgan fingerprint density at radius 2 is 1.94 bits per heavy atom. The molecular formula is C28H28FN3O2S. The van der Waals surface area contributed by atoms with Gasteiger partial charge in [0.15, 0.2) is 0 Å². The summed E-state index contributed by atoms with van der Waals surface area (Å²) in [5.41, 5.74) is 2.72. The summed E-state index contributed by atoms with van der Waals surface area (Å²) in [5, 5.41) is 14.2. The van der Waals surface area contributed by atoms with Crippen LogP contribution in [0.2, 0.25) is 0 Å². The fourth-order valence-corrected chi connectivity index (χ4v) is 6.20. The molecule has 1 unspecified atom stereocenters. The number of ether oxygens (including phenoxy) is 1. The predicted octanol–water partition coefficient (Wildman–Crippen LogP) is 6.22. The molecular weight excluding hydrogens is 461 g/mol. The van der Waals surface area contributed by atoms with Crippen molar-refractivity contribution < 1.29 is 14.2 Å². The summed E-state index contributed by atoms with van der Waals surface area (Å²) in [6, 6.07) is 18.2. The fraction of sp³-hybridized carbons (Fsp3) is 0.357. The molecule has 6 rings (SSSR count). The van der Waals surface area contributed by atoms with E-state index < -0.39 is 6.17 Å². The molecule has 0 saturated carbocycles. The number of benzene rings is 3. The quantitative estimate of drug-likeness (QED) is 0.271. The maximum Gasteiger partial charge on any atom is 0.318 e. The molecule has 2 saturated heterocycles. The molecule has 0 amide bonds. The molecule has 0 aliphatic carbocycles. The number of hydrogen-bond acceptors (Lipinski definition) is 6. The summed E-state index contributed by atoms with van der Waals surface area (Å²) in [4.78, 5) is 11.8. The van der Waals surface area contributed by atoms with E-state index in [0.29, 0.717) is 19.0 Å². The van der Waals surface area contributed by atoms with Crippen LogP contribution in [0.15, 0.2) is 59.6 Å². The number of hydrogen-bond donors (Lipinski definition) is 1. The molecule has 5 nitrogen and oxygen atoms in total. The average Bonchev–Trinajstić information content (AvgIpc) is 3.15. The average molecular weight is 490 g/mol. The van der Waals surface area contributed by atoms with E-state index in [9.17, 15) is 9.50 Å². The molecule has 0 bridgehead atoms. The molecule has 2 aliphatic rings. The molecule has 3 aromatic carbocycles. The van der Waals surface area contributed by atoms with E-state index in [2.05, 4.69) is 17.0 Å². The van der Waals surface area contributed by atoms with Crippen LogP contribution in [0.5, 0.6) is 11.8 Å². The molecule has 0 radical (unpaired) electrons. The van der Waals surface area contributed by atoms with Gasteiger partial charge in [-0.2, -0.15) is 9.97 Å². The SMILES string of the molecule is CSc1nc(OC2CCCCN3C[C@H](F)C[C@@H]23)nc2cc(-c3cc(O)cc4ccccc34)ccc12. The summed E-state index contributed by atoms with van der Waals surface area (Å²) in [5.74, 6) is 0.232. The van der Waals surface area contributed by atoms with Crippen LogP contribution < -0.4 is 4.74 Å². The lowest BCUT2D eigenvalue weighted by Gasteiger charge is -2.28. The van der Waals surface area contributed by atoms with Crippen molar-refractivity contribution in [2.45, 2.75) is 49.0 Å². The lowest BCUT2D eigenvalue weighted by molar-refractivity contribution is 0.0924. The minimum atomic E-state index is -0.789. The van der Waals surface area contributed by atoms with Gasteiger partial charge in [0.25, 0.3) is 0 Å². The van der Waals surface area contributed by atoms with Crippen molar-refractivity contribution in [1.82, 2.24) is 14.9 Å². The molecule has 1 aromatic heterocycles. The second-order valence-electron chi connectivity index (χ2n) is 9.51. The van der Waals surface area contributed by atoms with Crippen molar-refractivity contribution in [2.75, 3.05) is 19.3 Å². The number of thioether (sulfide) groups is 1. The highest BCUT2D eigenvalue weighted by Crippen LogP contribution is 2.36. The highest BCUT2D eigenvalue weighted by Gasteiger charge is 2.39. The van der Waals surface area contributed by atoms with Crippen LogP contribution in [-0.2, 0) is 0 Å². The van der Waals surface area contributed by atoms with Gasteiger partial charge in [0.1, 0.15) is 23.1 Å². The summed E-state index contributed by atoms with van der Waals surface area (Å²) in [7, 11) is 0. The lowest BCUT2D eigenvalue weighted by atomic mass is 9.97. The lowest BCUT2D eigenvalue weighted by Crippen LogP contribution is -2.40. The third kappa shape index (κ3) is 4.32. The zero-order chi connectivity index (χ0) is 23.9. The highest BCUT2D eigenvalue weighted by molar-refractivity contribution is 7.98. The van der Waals surface area contributed by atoms with Gasteiger partial charge in [0.2, 0.25) is 0 Å². The Hall–Kier alpha value is -2.90. The number of alkyl halides is 1. The van der Waals surface area contributed by atoms with Gasteiger partial charge in [0, 0.05) is 18.0 Å².